The van der Waals surface area contributed by atoms with Crippen molar-refractivity contribution < 1.29 is 13.2 Å². The first kappa shape index (κ1) is 11.4. The van der Waals surface area contributed by atoms with Crippen LogP contribution in [0.25, 0.3) is 0 Å². The molecule has 2 unspecified atom stereocenters. The average molecular weight is 230 g/mol. The molecule has 0 radical (unpaired) electrons. The maximum Gasteiger partial charge on any atom is 0.194 e. The van der Waals surface area contributed by atoms with Gasteiger partial charge in [-0.05, 0) is 24.6 Å². The molecule has 0 aliphatic carbocycles. The van der Waals surface area contributed by atoms with E-state index in [2.05, 4.69) is 5.32 Å². The lowest BCUT2D eigenvalue weighted by Gasteiger charge is -2.26. The summed E-state index contributed by atoms with van der Waals surface area (Å²) < 4.78 is 38.9. The summed E-state index contributed by atoms with van der Waals surface area (Å²) in [7, 11) is 0. The highest BCUT2D eigenvalue weighted by atomic mass is 19.2. The molecule has 2 atom stereocenters. The molecule has 2 nitrogen and oxygen atoms in total. The normalized spacial score (nSPS) is 29.7. The van der Waals surface area contributed by atoms with E-state index in [-0.39, 0.29) is 5.92 Å². The highest BCUT2D eigenvalue weighted by molar-refractivity contribution is 5.28. The molecule has 16 heavy (non-hydrogen) atoms. The van der Waals surface area contributed by atoms with Crippen LogP contribution in [0.3, 0.4) is 0 Å². The van der Waals surface area contributed by atoms with E-state index < -0.39 is 23.0 Å². The number of rotatable bonds is 1. The Morgan fingerprint density at radius 3 is 2.31 bits per heavy atom. The predicted molar refractivity (Wildman–Crippen MR) is 54.5 cm³/mol. The Hall–Kier alpha value is -1.07. The summed E-state index contributed by atoms with van der Waals surface area (Å²) in [5.41, 5.74) is 5.81. The zero-order valence-electron chi connectivity index (χ0n) is 8.86. The van der Waals surface area contributed by atoms with Gasteiger partial charge < -0.3 is 11.1 Å². The van der Waals surface area contributed by atoms with E-state index >= 15 is 0 Å². The van der Waals surface area contributed by atoms with Crippen molar-refractivity contribution in [2.24, 2.45) is 5.73 Å². The van der Waals surface area contributed by atoms with E-state index in [9.17, 15) is 13.2 Å². The van der Waals surface area contributed by atoms with Gasteiger partial charge in [0.05, 0.1) is 0 Å². The van der Waals surface area contributed by atoms with Gasteiger partial charge in [-0.1, -0.05) is 0 Å². The van der Waals surface area contributed by atoms with E-state index in [4.69, 9.17) is 5.73 Å². The van der Waals surface area contributed by atoms with Crippen LogP contribution < -0.4 is 11.1 Å². The number of nitrogens with one attached hydrogen (secondary N) is 1. The average Bonchev–Trinajstić information content (AvgIpc) is 2.53. The largest absolute Gasteiger partial charge is 0.324 e. The smallest absolute Gasteiger partial charge is 0.194 e. The summed E-state index contributed by atoms with van der Waals surface area (Å²) >= 11 is 0. The molecule has 1 heterocycles. The lowest BCUT2D eigenvalue weighted by atomic mass is 9.84. The van der Waals surface area contributed by atoms with Crippen molar-refractivity contribution in [2.75, 3.05) is 13.1 Å². The molecule has 1 saturated heterocycles. The molecule has 3 N–H and O–H groups in total. The Bertz CT molecular complexity index is 395. The standard InChI is InChI=1S/C11H13F3N2/c1-11(15)5-16-4-7(11)6-2-8(12)10(14)9(13)3-6/h2-3,7,16H,4-5,15H2,1H3. The first-order valence-electron chi connectivity index (χ1n) is 5.06. The summed E-state index contributed by atoms with van der Waals surface area (Å²) in [6.07, 6.45) is 0. The summed E-state index contributed by atoms with van der Waals surface area (Å²) in [4.78, 5) is 0. The second kappa shape index (κ2) is 3.75. The first-order valence-corrected chi connectivity index (χ1v) is 5.06. The van der Waals surface area contributed by atoms with Crippen LogP contribution in [-0.2, 0) is 0 Å². The van der Waals surface area contributed by atoms with Crippen LogP contribution in [0.4, 0.5) is 13.2 Å². The molecule has 0 bridgehead atoms. The van der Waals surface area contributed by atoms with E-state index in [0.717, 1.165) is 12.1 Å². The Kier molecular flexibility index (Phi) is 2.67. The minimum atomic E-state index is -1.44. The Balaban J connectivity index is 2.41. The van der Waals surface area contributed by atoms with Crippen LogP contribution in [0.1, 0.15) is 18.4 Å². The summed E-state index contributed by atoms with van der Waals surface area (Å²) in [6, 6.07) is 2.03. The molecule has 5 heteroatoms. The maximum absolute atomic E-state index is 13.1. The fraction of sp³-hybridized carbons (Fsp3) is 0.455. The molecular formula is C11H13F3N2. The number of hydrogen-bond acceptors (Lipinski definition) is 2. The van der Waals surface area contributed by atoms with Crippen molar-refractivity contribution in [1.29, 1.82) is 0 Å². The molecular weight excluding hydrogens is 217 g/mol. The molecule has 2 rings (SSSR count). The third-order valence-electron chi connectivity index (χ3n) is 3.06. The van der Waals surface area contributed by atoms with Crippen LogP contribution in [0, 0.1) is 17.5 Å². The summed E-state index contributed by atoms with van der Waals surface area (Å²) in [6.45, 7) is 2.91. The minimum Gasteiger partial charge on any atom is -0.324 e. The minimum absolute atomic E-state index is 0.211. The third-order valence-corrected chi connectivity index (χ3v) is 3.06. The van der Waals surface area contributed by atoms with Gasteiger partial charge >= 0.3 is 0 Å². The second-order valence-electron chi connectivity index (χ2n) is 4.49. The molecule has 1 fully saturated rings. The second-order valence-corrected chi connectivity index (χ2v) is 4.49. The highest BCUT2D eigenvalue weighted by Crippen LogP contribution is 2.31. The van der Waals surface area contributed by atoms with Gasteiger partial charge in [-0.3, -0.25) is 0 Å². The van der Waals surface area contributed by atoms with Crippen molar-refractivity contribution >= 4 is 0 Å². The molecule has 1 aliphatic rings. The number of benzene rings is 1. The van der Waals surface area contributed by atoms with Crippen LogP contribution in [0.15, 0.2) is 12.1 Å². The SMILES string of the molecule is CC1(N)CNCC1c1cc(F)c(F)c(F)c1. The third kappa shape index (κ3) is 1.81. The molecule has 1 aromatic carbocycles. The maximum atomic E-state index is 13.1. The Morgan fingerprint density at radius 2 is 1.88 bits per heavy atom. The lowest BCUT2D eigenvalue weighted by Crippen LogP contribution is -2.43. The van der Waals surface area contributed by atoms with Crippen LogP contribution >= 0.6 is 0 Å². The van der Waals surface area contributed by atoms with Crippen molar-refractivity contribution in [3.05, 3.63) is 35.1 Å². The van der Waals surface area contributed by atoms with Gasteiger partial charge in [0.15, 0.2) is 17.5 Å². The van der Waals surface area contributed by atoms with E-state index in [1.165, 1.54) is 0 Å². The van der Waals surface area contributed by atoms with E-state index in [1.807, 2.05) is 0 Å². The van der Waals surface area contributed by atoms with Gasteiger partial charge in [-0.2, -0.15) is 0 Å². The van der Waals surface area contributed by atoms with Crippen molar-refractivity contribution in [2.45, 2.75) is 18.4 Å². The Morgan fingerprint density at radius 1 is 1.31 bits per heavy atom. The van der Waals surface area contributed by atoms with Gasteiger partial charge in [-0.25, -0.2) is 13.2 Å². The van der Waals surface area contributed by atoms with Gasteiger partial charge in [0, 0.05) is 24.5 Å². The quantitative estimate of drug-likeness (QED) is 0.718. The fourth-order valence-corrected chi connectivity index (χ4v) is 2.12. The van der Waals surface area contributed by atoms with Crippen molar-refractivity contribution in [3.8, 4) is 0 Å². The topological polar surface area (TPSA) is 38.0 Å². The molecule has 1 aliphatic heterocycles. The molecule has 0 spiro atoms. The van der Waals surface area contributed by atoms with E-state index in [0.29, 0.717) is 18.7 Å². The van der Waals surface area contributed by atoms with E-state index in [1.54, 1.807) is 6.92 Å². The van der Waals surface area contributed by atoms with Crippen LogP contribution in [0.2, 0.25) is 0 Å². The van der Waals surface area contributed by atoms with Crippen LogP contribution in [-0.4, -0.2) is 18.6 Å². The van der Waals surface area contributed by atoms with Crippen molar-refractivity contribution in [3.63, 3.8) is 0 Å². The van der Waals surface area contributed by atoms with Gasteiger partial charge in [0.2, 0.25) is 0 Å². The summed E-state index contributed by atoms with van der Waals surface area (Å²) in [5.74, 6) is -3.99. The van der Waals surface area contributed by atoms with Crippen molar-refractivity contribution in [1.82, 2.24) is 5.32 Å². The van der Waals surface area contributed by atoms with Crippen LogP contribution in [0.5, 0.6) is 0 Å². The highest BCUT2D eigenvalue weighted by Gasteiger charge is 2.36. The molecule has 1 aromatic rings. The zero-order chi connectivity index (χ0) is 11.9. The molecule has 88 valence electrons. The molecule has 0 saturated carbocycles. The first-order chi connectivity index (χ1) is 7.42. The summed E-state index contributed by atoms with van der Waals surface area (Å²) in [5, 5.41) is 3.05. The molecule has 0 amide bonds. The predicted octanol–water partition coefficient (Wildman–Crippen LogP) is 1.51. The lowest BCUT2D eigenvalue weighted by molar-refractivity contribution is 0.430. The van der Waals surface area contributed by atoms with Gasteiger partial charge in [-0.15, -0.1) is 0 Å². The fourth-order valence-electron chi connectivity index (χ4n) is 2.12. The molecule has 0 aromatic heterocycles. The van der Waals surface area contributed by atoms with Gasteiger partial charge in [0.25, 0.3) is 0 Å². The zero-order valence-corrected chi connectivity index (χ0v) is 8.86. The number of nitrogens with two attached hydrogens (primary N) is 1. The number of halogens is 3. The number of hydrogen-bond donors (Lipinski definition) is 2. The monoisotopic (exact) mass is 230 g/mol. The Labute approximate surface area is 91.6 Å². The van der Waals surface area contributed by atoms with Gasteiger partial charge in [0.1, 0.15) is 0 Å².